The zero-order chi connectivity index (χ0) is 23.2. The first kappa shape index (κ1) is 22.8. The lowest BCUT2D eigenvalue weighted by Gasteiger charge is -2.29. The summed E-state index contributed by atoms with van der Waals surface area (Å²) in [5.41, 5.74) is 10.5. The SMILES string of the molecule is CN(C)Cc1cncc(-c2cc(Nc3ccc(C(=O)N[C@@H]4CCCC[C@H]4N)cc3)ncn2)c1. The van der Waals surface area contributed by atoms with Crippen molar-refractivity contribution in [2.45, 2.75) is 44.3 Å². The van der Waals surface area contributed by atoms with Gasteiger partial charge in [-0.1, -0.05) is 12.8 Å². The predicted octanol–water partition coefficient (Wildman–Crippen LogP) is 3.34. The fourth-order valence-electron chi connectivity index (χ4n) is 4.11. The van der Waals surface area contributed by atoms with Crippen molar-refractivity contribution in [3.63, 3.8) is 0 Å². The molecule has 1 fully saturated rings. The Kier molecular flexibility index (Phi) is 7.26. The average Bonchev–Trinajstić information content (AvgIpc) is 2.81. The van der Waals surface area contributed by atoms with Crippen molar-refractivity contribution >= 4 is 17.4 Å². The number of rotatable bonds is 7. The summed E-state index contributed by atoms with van der Waals surface area (Å²) >= 11 is 0. The number of carbonyl (C=O) groups excluding carboxylic acids is 1. The van der Waals surface area contributed by atoms with Crippen molar-refractivity contribution in [3.05, 3.63) is 66.2 Å². The fourth-order valence-corrected chi connectivity index (χ4v) is 4.11. The van der Waals surface area contributed by atoms with Gasteiger partial charge >= 0.3 is 0 Å². The number of nitrogens with zero attached hydrogens (tertiary/aromatic N) is 4. The van der Waals surface area contributed by atoms with Crippen molar-refractivity contribution in [1.29, 1.82) is 0 Å². The molecule has 4 N–H and O–H groups in total. The minimum atomic E-state index is -0.0849. The molecule has 0 unspecified atom stereocenters. The molecule has 1 aromatic carbocycles. The molecule has 0 spiro atoms. The molecule has 0 radical (unpaired) electrons. The highest BCUT2D eigenvalue weighted by Gasteiger charge is 2.23. The molecule has 4 rings (SSSR count). The van der Waals surface area contributed by atoms with Gasteiger partial charge in [-0.05, 0) is 62.8 Å². The van der Waals surface area contributed by atoms with Crippen LogP contribution in [0.15, 0.2) is 55.1 Å². The van der Waals surface area contributed by atoms with Crippen LogP contribution in [0.2, 0.25) is 0 Å². The van der Waals surface area contributed by atoms with Crippen LogP contribution in [0.3, 0.4) is 0 Å². The summed E-state index contributed by atoms with van der Waals surface area (Å²) in [5.74, 6) is 0.585. The summed E-state index contributed by atoms with van der Waals surface area (Å²) in [6.07, 6.45) is 9.35. The number of amides is 1. The Morgan fingerprint density at radius 1 is 1.09 bits per heavy atom. The van der Waals surface area contributed by atoms with Crippen molar-refractivity contribution in [2.75, 3.05) is 19.4 Å². The van der Waals surface area contributed by atoms with E-state index in [1.807, 2.05) is 50.6 Å². The Labute approximate surface area is 194 Å². The maximum absolute atomic E-state index is 12.6. The van der Waals surface area contributed by atoms with Gasteiger partial charge < -0.3 is 21.3 Å². The molecule has 2 heterocycles. The van der Waals surface area contributed by atoms with E-state index in [-0.39, 0.29) is 18.0 Å². The molecule has 2 atom stereocenters. The number of nitrogens with two attached hydrogens (primary N) is 1. The molecular formula is C25H31N7O. The third-order valence-corrected chi connectivity index (χ3v) is 5.81. The van der Waals surface area contributed by atoms with Crippen LogP contribution in [0.1, 0.15) is 41.6 Å². The first-order chi connectivity index (χ1) is 16.0. The van der Waals surface area contributed by atoms with Crippen LogP contribution in [0.4, 0.5) is 11.5 Å². The van der Waals surface area contributed by atoms with Gasteiger partial charge in [0.05, 0.1) is 5.69 Å². The zero-order valence-corrected chi connectivity index (χ0v) is 19.2. The molecule has 0 saturated heterocycles. The highest BCUT2D eigenvalue weighted by Crippen LogP contribution is 2.22. The van der Waals surface area contributed by atoms with E-state index in [2.05, 4.69) is 36.6 Å². The maximum atomic E-state index is 12.6. The van der Waals surface area contributed by atoms with Crippen LogP contribution >= 0.6 is 0 Å². The number of anilines is 2. The number of aromatic nitrogens is 3. The molecule has 0 aliphatic heterocycles. The lowest BCUT2D eigenvalue weighted by atomic mass is 9.91. The van der Waals surface area contributed by atoms with Crippen LogP contribution in [-0.2, 0) is 6.54 Å². The van der Waals surface area contributed by atoms with Crippen LogP contribution in [0, 0.1) is 0 Å². The Bertz CT molecular complexity index is 1080. The summed E-state index contributed by atoms with van der Waals surface area (Å²) in [6.45, 7) is 0.809. The second-order valence-electron chi connectivity index (χ2n) is 8.84. The van der Waals surface area contributed by atoms with E-state index in [1.165, 1.54) is 6.33 Å². The van der Waals surface area contributed by atoms with Gasteiger partial charge in [-0.3, -0.25) is 9.78 Å². The molecule has 1 aliphatic carbocycles. The standard InChI is InChI=1S/C25H31N7O/c1-32(2)15-17-11-19(14-27-13-17)23-12-24(29-16-28-23)30-20-9-7-18(8-10-20)25(33)31-22-6-4-3-5-21(22)26/h7-14,16,21-22H,3-6,15,26H2,1-2H3,(H,31,33)(H,28,29,30)/t21-,22-/m1/s1. The van der Waals surface area contributed by atoms with Crippen LogP contribution in [0.5, 0.6) is 0 Å². The molecule has 33 heavy (non-hydrogen) atoms. The van der Waals surface area contributed by atoms with Crippen molar-refractivity contribution < 1.29 is 4.79 Å². The Hall–Kier alpha value is -3.36. The third kappa shape index (κ3) is 6.12. The third-order valence-electron chi connectivity index (χ3n) is 5.81. The van der Waals surface area contributed by atoms with Gasteiger partial charge in [-0.15, -0.1) is 0 Å². The van der Waals surface area contributed by atoms with Gasteiger partial charge in [-0.2, -0.15) is 0 Å². The number of carbonyl (C=O) groups is 1. The van der Waals surface area contributed by atoms with Gasteiger partial charge in [0, 0.05) is 53.9 Å². The summed E-state index contributed by atoms with van der Waals surface area (Å²) in [7, 11) is 4.05. The maximum Gasteiger partial charge on any atom is 0.251 e. The molecule has 2 aromatic heterocycles. The summed E-state index contributed by atoms with van der Waals surface area (Å²) in [5, 5.41) is 6.37. The number of hydrogen-bond donors (Lipinski definition) is 3. The van der Waals surface area contributed by atoms with E-state index in [1.54, 1.807) is 6.20 Å². The molecule has 1 amide bonds. The van der Waals surface area contributed by atoms with E-state index in [4.69, 9.17) is 5.73 Å². The lowest BCUT2D eigenvalue weighted by Crippen LogP contribution is -2.49. The quantitative estimate of drug-likeness (QED) is 0.512. The molecule has 8 nitrogen and oxygen atoms in total. The molecule has 1 aliphatic rings. The van der Waals surface area contributed by atoms with Gasteiger partial charge in [0.25, 0.3) is 5.91 Å². The predicted molar refractivity (Wildman–Crippen MR) is 130 cm³/mol. The largest absolute Gasteiger partial charge is 0.348 e. The summed E-state index contributed by atoms with van der Waals surface area (Å²) in [4.78, 5) is 27.8. The molecule has 0 bridgehead atoms. The van der Waals surface area contributed by atoms with Crippen LogP contribution < -0.4 is 16.4 Å². The van der Waals surface area contributed by atoms with Gasteiger partial charge in [0.2, 0.25) is 0 Å². The van der Waals surface area contributed by atoms with E-state index < -0.39 is 0 Å². The minimum absolute atomic E-state index is 0.0365. The van der Waals surface area contributed by atoms with Crippen molar-refractivity contribution in [1.82, 2.24) is 25.2 Å². The molecule has 8 heteroatoms. The van der Waals surface area contributed by atoms with E-state index in [0.29, 0.717) is 11.4 Å². The highest BCUT2D eigenvalue weighted by molar-refractivity contribution is 5.94. The first-order valence-corrected chi connectivity index (χ1v) is 11.3. The van der Waals surface area contributed by atoms with Crippen molar-refractivity contribution in [2.24, 2.45) is 5.73 Å². The Morgan fingerprint density at radius 2 is 1.88 bits per heavy atom. The minimum Gasteiger partial charge on any atom is -0.348 e. The van der Waals surface area contributed by atoms with Crippen molar-refractivity contribution in [3.8, 4) is 11.3 Å². The van der Waals surface area contributed by atoms with E-state index in [0.717, 1.165) is 54.7 Å². The number of nitrogens with one attached hydrogen (secondary N) is 2. The molecule has 172 valence electrons. The smallest absolute Gasteiger partial charge is 0.251 e. The highest BCUT2D eigenvalue weighted by atomic mass is 16.1. The Balaban J connectivity index is 1.42. The van der Waals surface area contributed by atoms with E-state index in [9.17, 15) is 4.79 Å². The summed E-state index contributed by atoms with van der Waals surface area (Å²) < 4.78 is 0. The second kappa shape index (κ2) is 10.5. The zero-order valence-electron chi connectivity index (χ0n) is 19.2. The van der Waals surface area contributed by atoms with Crippen LogP contribution in [-0.4, -0.2) is 51.9 Å². The van der Waals surface area contributed by atoms with Gasteiger partial charge in [0.15, 0.2) is 0 Å². The van der Waals surface area contributed by atoms with Crippen LogP contribution in [0.25, 0.3) is 11.3 Å². The number of benzene rings is 1. The second-order valence-corrected chi connectivity index (χ2v) is 8.84. The number of pyridine rings is 1. The monoisotopic (exact) mass is 445 g/mol. The molecule has 3 aromatic rings. The molecule has 1 saturated carbocycles. The first-order valence-electron chi connectivity index (χ1n) is 11.3. The summed E-state index contributed by atoms with van der Waals surface area (Å²) in [6, 6.07) is 11.4. The molecular weight excluding hydrogens is 414 g/mol. The van der Waals surface area contributed by atoms with E-state index >= 15 is 0 Å². The normalized spacial score (nSPS) is 18.2. The fraction of sp³-hybridized carbons (Fsp3) is 0.360. The van der Waals surface area contributed by atoms with Gasteiger partial charge in [0.1, 0.15) is 12.1 Å². The van der Waals surface area contributed by atoms with Gasteiger partial charge in [-0.25, -0.2) is 9.97 Å². The Morgan fingerprint density at radius 3 is 2.64 bits per heavy atom. The number of hydrogen-bond acceptors (Lipinski definition) is 7. The lowest BCUT2D eigenvalue weighted by molar-refractivity contribution is 0.0921. The topological polar surface area (TPSA) is 109 Å². The average molecular weight is 446 g/mol.